The number of aryl methyl sites for hydroxylation is 1. The fourth-order valence-electron chi connectivity index (χ4n) is 3.14. The molecule has 4 aromatic rings. The van der Waals surface area contributed by atoms with E-state index in [0.29, 0.717) is 10.6 Å². The summed E-state index contributed by atoms with van der Waals surface area (Å²) in [6.07, 6.45) is 0. The van der Waals surface area contributed by atoms with Crippen LogP contribution in [-0.4, -0.2) is 0 Å². The Balaban J connectivity index is 2.08. The molecule has 116 valence electrons. The van der Waals surface area contributed by atoms with Crippen molar-refractivity contribution in [1.29, 1.82) is 0 Å². The lowest BCUT2D eigenvalue weighted by molar-refractivity contribution is 1.49. The van der Waals surface area contributed by atoms with Gasteiger partial charge in [-0.25, -0.2) is 0 Å². The highest BCUT2D eigenvalue weighted by Crippen LogP contribution is 2.37. The summed E-state index contributed by atoms with van der Waals surface area (Å²) < 4.78 is 23.6. The minimum absolute atomic E-state index is 0.349. The zero-order valence-corrected chi connectivity index (χ0v) is 13.7. The quantitative estimate of drug-likeness (QED) is 0.366. The average Bonchev–Trinajstić information content (AvgIpc) is 2.67. The van der Waals surface area contributed by atoms with E-state index in [4.69, 9.17) is 15.7 Å². The van der Waals surface area contributed by atoms with Crippen LogP contribution in [0, 0.1) is 6.85 Å². The maximum atomic E-state index is 7.87. The Morgan fingerprint density at radius 3 is 2.21 bits per heavy atom. The van der Waals surface area contributed by atoms with Crippen molar-refractivity contribution in [1.82, 2.24) is 0 Å². The Hall–Kier alpha value is -2.57. The van der Waals surface area contributed by atoms with Crippen molar-refractivity contribution in [3.63, 3.8) is 0 Å². The molecule has 0 bridgehead atoms. The van der Waals surface area contributed by atoms with Gasteiger partial charge in [0.05, 0.1) is 0 Å². The first-order chi connectivity index (χ1) is 12.9. The van der Waals surface area contributed by atoms with E-state index in [1.54, 1.807) is 12.1 Å². The standard InChI is InChI=1S/C23H17Cl/c1-16-14-19-8-5-9-21(18-10-12-20(24)13-11-18)23(19)22(15-16)17-6-3-2-4-7-17/h2-15H,1H3/i1D3. The summed E-state index contributed by atoms with van der Waals surface area (Å²) in [5.41, 5.74) is 4.37. The molecule has 0 nitrogen and oxygen atoms in total. The lowest BCUT2D eigenvalue weighted by atomic mass is 9.90. The number of rotatable bonds is 2. The Kier molecular flexibility index (Phi) is 3.04. The molecule has 0 saturated carbocycles. The monoisotopic (exact) mass is 331 g/mol. The smallest absolute Gasteiger partial charge is 0.0406 e. The molecular weight excluding hydrogens is 312 g/mol. The van der Waals surface area contributed by atoms with Crippen LogP contribution in [0.5, 0.6) is 0 Å². The highest BCUT2D eigenvalue weighted by molar-refractivity contribution is 6.30. The molecule has 0 aliphatic heterocycles. The summed E-state index contributed by atoms with van der Waals surface area (Å²) in [5.74, 6) is 0. The zero-order valence-electron chi connectivity index (χ0n) is 16.0. The van der Waals surface area contributed by atoms with Crippen LogP contribution in [-0.2, 0) is 0 Å². The number of halogens is 1. The third-order valence-electron chi connectivity index (χ3n) is 4.22. The normalized spacial score (nSPS) is 13.3. The molecule has 0 spiro atoms. The largest absolute Gasteiger partial charge is 0.0843 e. The van der Waals surface area contributed by atoms with Gasteiger partial charge in [-0.05, 0) is 57.6 Å². The minimum Gasteiger partial charge on any atom is -0.0843 e. The fourth-order valence-corrected chi connectivity index (χ4v) is 3.27. The van der Waals surface area contributed by atoms with Gasteiger partial charge in [-0.2, -0.15) is 0 Å². The maximum Gasteiger partial charge on any atom is 0.0406 e. The van der Waals surface area contributed by atoms with Crippen molar-refractivity contribution in [3.8, 4) is 22.3 Å². The van der Waals surface area contributed by atoms with Gasteiger partial charge in [-0.3, -0.25) is 0 Å². The van der Waals surface area contributed by atoms with Gasteiger partial charge >= 0.3 is 0 Å². The topological polar surface area (TPSA) is 0 Å². The molecule has 0 unspecified atom stereocenters. The second kappa shape index (κ2) is 6.14. The first-order valence-corrected chi connectivity index (χ1v) is 8.20. The molecular formula is C23H17Cl. The molecule has 1 heteroatoms. The summed E-state index contributed by atoms with van der Waals surface area (Å²) in [6, 6.07) is 27.2. The average molecular weight is 332 g/mol. The van der Waals surface area contributed by atoms with Crippen LogP contribution < -0.4 is 0 Å². The van der Waals surface area contributed by atoms with Gasteiger partial charge in [0.2, 0.25) is 0 Å². The van der Waals surface area contributed by atoms with Gasteiger partial charge in [0.15, 0.2) is 0 Å². The molecule has 0 aromatic heterocycles. The van der Waals surface area contributed by atoms with E-state index in [9.17, 15) is 0 Å². The first kappa shape index (κ1) is 11.9. The third kappa shape index (κ3) is 2.70. The summed E-state index contributed by atoms with van der Waals surface area (Å²) in [6.45, 7) is -2.16. The third-order valence-corrected chi connectivity index (χ3v) is 4.47. The van der Waals surface area contributed by atoms with Crippen molar-refractivity contribution in [2.24, 2.45) is 0 Å². The molecule has 0 fully saturated rings. The van der Waals surface area contributed by atoms with Crippen LogP contribution in [0.15, 0.2) is 84.9 Å². The molecule has 0 atom stereocenters. The van der Waals surface area contributed by atoms with Gasteiger partial charge in [-0.15, -0.1) is 0 Å². The van der Waals surface area contributed by atoms with Gasteiger partial charge < -0.3 is 0 Å². The van der Waals surface area contributed by atoms with Crippen LogP contribution in [0.1, 0.15) is 9.68 Å². The lowest BCUT2D eigenvalue weighted by Gasteiger charge is -2.14. The lowest BCUT2D eigenvalue weighted by Crippen LogP contribution is -1.88. The molecule has 0 heterocycles. The SMILES string of the molecule is [2H]C([2H])([2H])c1cc(-c2ccccc2)c2c(-c3ccc(Cl)cc3)cccc2c1. The maximum absolute atomic E-state index is 7.87. The number of benzene rings is 4. The Bertz CT molecular complexity index is 1100. The van der Waals surface area contributed by atoms with Crippen molar-refractivity contribution in [3.05, 3.63) is 95.5 Å². The van der Waals surface area contributed by atoms with E-state index in [1.165, 1.54) is 0 Å². The van der Waals surface area contributed by atoms with Crippen molar-refractivity contribution < 1.29 is 4.11 Å². The molecule has 0 saturated heterocycles. The van der Waals surface area contributed by atoms with E-state index >= 15 is 0 Å². The molecule has 0 aliphatic rings. The van der Waals surface area contributed by atoms with Crippen LogP contribution in [0.4, 0.5) is 0 Å². The van der Waals surface area contributed by atoms with E-state index in [0.717, 1.165) is 33.0 Å². The number of hydrogen-bond acceptors (Lipinski definition) is 0. The van der Waals surface area contributed by atoms with Crippen LogP contribution in [0.3, 0.4) is 0 Å². The summed E-state index contributed by atoms with van der Waals surface area (Å²) in [5, 5.41) is 2.64. The predicted octanol–water partition coefficient (Wildman–Crippen LogP) is 7.14. The second-order valence-electron chi connectivity index (χ2n) is 5.80. The molecule has 4 rings (SSSR count). The highest BCUT2D eigenvalue weighted by Gasteiger charge is 2.11. The van der Waals surface area contributed by atoms with Gasteiger partial charge in [0, 0.05) is 9.13 Å². The molecule has 24 heavy (non-hydrogen) atoms. The fraction of sp³-hybridized carbons (Fsp3) is 0.0435. The Morgan fingerprint density at radius 2 is 1.46 bits per heavy atom. The van der Waals surface area contributed by atoms with Gasteiger partial charge in [0.25, 0.3) is 0 Å². The molecule has 0 amide bonds. The number of fused-ring (bicyclic) bond motifs is 1. The van der Waals surface area contributed by atoms with Crippen molar-refractivity contribution >= 4 is 22.4 Å². The molecule has 0 radical (unpaired) electrons. The molecule has 0 aliphatic carbocycles. The first-order valence-electron chi connectivity index (χ1n) is 9.32. The minimum atomic E-state index is -2.16. The summed E-state index contributed by atoms with van der Waals surface area (Å²) in [4.78, 5) is 0. The number of hydrogen-bond donors (Lipinski definition) is 0. The van der Waals surface area contributed by atoms with Crippen LogP contribution in [0.2, 0.25) is 5.02 Å². The van der Waals surface area contributed by atoms with Crippen molar-refractivity contribution in [2.75, 3.05) is 0 Å². The van der Waals surface area contributed by atoms with Crippen LogP contribution in [0.25, 0.3) is 33.0 Å². The second-order valence-corrected chi connectivity index (χ2v) is 6.24. The Labute approximate surface area is 151 Å². The Morgan fingerprint density at radius 1 is 0.708 bits per heavy atom. The van der Waals surface area contributed by atoms with Gasteiger partial charge in [-0.1, -0.05) is 84.4 Å². The van der Waals surface area contributed by atoms with E-state index in [-0.39, 0.29) is 0 Å². The summed E-state index contributed by atoms with van der Waals surface area (Å²) >= 11 is 6.05. The van der Waals surface area contributed by atoms with E-state index in [1.807, 2.05) is 66.7 Å². The summed E-state index contributed by atoms with van der Waals surface area (Å²) in [7, 11) is 0. The van der Waals surface area contributed by atoms with Crippen molar-refractivity contribution in [2.45, 2.75) is 6.85 Å². The zero-order chi connectivity index (χ0) is 19.0. The molecule has 0 N–H and O–H groups in total. The van der Waals surface area contributed by atoms with Gasteiger partial charge in [0.1, 0.15) is 0 Å². The van der Waals surface area contributed by atoms with Crippen LogP contribution >= 0.6 is 11.6 Å². The van der Waals surface area contributed by atoms with E-state index in [2.05, 4.69) is 6.07 Å². The molecule has 4 aromatic carbocycles. The highest BCUT2D eigenvalue weighted by atomic mass is 35.5. The predicted molar refractivity (Wildman–Crippen MR) is 105 cm³/mol. The van der Waals surface area contributed by atoms with E-state index < -0.39 is 6.85 Å².